The van der Waals surface area contributed by atoms with E-state index in [4.69, 9.17) is 0 Å². The van der Waals surface area contributed by atoms with Crippen LogP contribution >= 0.6 is 0 Å². The van der Waals surface area contributed by atoms with Gasteiger partial charge in [0.2, 0.25) is 0 Å². The van der Waals surface area contributed by atoms with Crippen molar-refractivity contribution < 1.29 is 9.90 Å². The fourth-order valence-electron chi connectivity index (χ4n) is 4.37. The molecule has 0 aliphatic heterocycles. The van der Waals surface area contributed by atoms with Crippen molar-refractivity contribution in [3.63, 3.8) is 0 Å². The number of carboxylic acid groups (broad SMARTS) is 1. The number of benzene rings is 1. The van der Waals surface area contributed by atoms with E-state index in [1.54, 1.807) is 12.1 Å². The predicted octanol–water partition coefficient (Wildman–Crippen LogP) is 3.40. The molecule has 1 aromatic heterocycles. The summed E-state index contributed by atoms with van der Waals surface area (Å²) < 4.78 is 2.21. The van der Waals surface area contributed by atoms with Crippen molar-refractivity contribution in [2.45, 2.75) is 38.6 Å². The molecular weight excluding hydrogens is 252 g/mol. The minimum Gasteiger partial charge on any atom is -0.478 e. The lowest BCUT2D eigenvalue weighted by atomic mass is 9.94. The van der Waals surface area contributed by atoms with Crippen LogP contribution in [0.3, 0.4) is 0 Å². The van der Waals surface area contributed by atoms with E-state index >= 15 is 0 Å². The van der Waals surface area contributed by atoms with E-state index in [1.165, 1.54) is 25.7 Å². The molecule has 2 aliphatic carbocycles. The topological polar surface area (TPSA) is 55.1 Å². The van der Waals surface area contributed by atoms with Crippen molar-refractivity contribution >= 4 is 17.0 Å². The Morgan fingerprint density at radius 1 is 1.35 bits per heavy atom. The molecule has 1 heterocycles. The number of hydrogen-bond acceptors (Lipinski definition) is 2. The van der Waals surface area contributed by atoms with E-state index in [2.05, 4.69) is 9.55 Å². The van der Waals surface area contributed by atoms with Crippen molar-refractivity contribution in [2.24, 2.45) is 11.8 Å². The predicted molar refractivity (Wildman–Crippen MR) is 75.9 cm³/mol. The largest absolute Gasteiger partial charge is 0.478 e. The number of fused-ring (bicyclic) bond motifs is 3. The lowest BCUT2D eigenvalue weighted by Gasteiger charge is -2.25. The van der Waals surface area contributed by atoms with Gasteiger partial charge in [-0.25, -0.2) is 9.78 Å². The summed E-state index contributed by atoms with van der Waals surface area (Å²) in [6.45, 7) is 2.00. The van der Waals surface area contributed by atoms with Crippen LogP contribution in [0.2, 0.25) is 0 Å². The van der Waals surface area contributed by atoms with Gasteiger partial charge >= 0.3 is 5.97 Å². The third-order valence-corrected chi connectivity index (χ3v) is 5.15. The summed E-state index contributed by atoms with van der Waals surface area (Å²) in [4.78, 5) is 16.1. The Hall–Kier alpha value is -1.84. The Bertz CT molecular complexity index is 704. The zero-order chi connectivity index (χ0) is 13.9. The first-order valence-electron chi connectivity index (χ1n) is 7.36. The van der Waals surface area contributed by atoms with Crippen molar-refractivity contribution in [1.29, 1.82) is 0 Å². The molecule has 0 spiro atoms. The molecule has 4 rings (SSSR count). The summed E-state index contributed by atoms with van der Waals surface area (Å²) in [5.74, 6) is 1.63. The van der Waals surface area contributed by atoms with Crippen molar-refractivity contribution in [1.82, 2.24) is 9.55 Å². The van der Waals surface area contributed by atoms with E-state index in [0.717, 1.165) is 22.8 Å². The number of rotatable bonds is 2. The molecule has 4 nitrogen and oxygen atoms in total. The van der Waals surface area contributed by atoms with Gasteiger partial charge in [-0.3, -0.25) is 0 Å². The van der Waals surface area contributed by atoms with Gasteiger partial charge in [-0.1, -0.05) is 12.5 Å². The van der Waals surface area contributed by atoms with Gasteiger partial charge in [0.1, 0.15) is 5.82 Å². The van der Waals surface area contributed by atoms with Crippen molar-refractivity contribution in [3.05, 3.63) is 29.6 Å². The lowest BCUT2D eigenvalue weighted by Crippen LogP contribution is -2.18. The summed E-state index contributed by atoms with van der Waals surface area (Å²) in [5.41, 5.74) is 2.01. The maximum atomic E-state index is 11.5. The van der Waals surface area contributed by atoms with Gasteiger partial charge in [0.25, 0.3) is 0 Å². The Morgan fingerprint density at radius 2 is 2.20 bits per heavy atom. The monoisotopic (exact) mass is 270 g/mol. The molecule has 2 bridgehead atoms. The molecule has 20 heavy (non-hydrogen) atoms. The smallest absolute Gasteiger partial charge is 0.337 e. The first-order chi connectivity index (χ1) is 9.65. The van der Waals surface area contributed by atoms with Gasteiger partial charge in [0.05, 0.1) is 16.6 Å². The van der Waals surface area contributed by atoms with E-state index in [1.807, 2.05) is 13.0 Å². The fourth-order valence-corrected chi connectivity index (χ4v) is 4.37. The summed E-state index contributed by atoms with van der Waals surface area (Å²) >= 11 is 0. The summed E-state index contributed by atoms with van der Waals surface area (Å²) in [6, 6.07) is 5.83. The zero-order valence-corrected chi connectivity index (χ0v) is 11.5. The molecule has 0 radical (unpaired) electrons. The molecule has 1 N–H and O–H groups in total. The van der Waals surface area contributed by atoms with Crippen LogP contribution < -0.4 is 0 Å². The summed E-state index contributed by atoms with van der Waals surface area (Å²) in [5, 5.41) is 9.45. The van der Waals surface area contributed by atoms with Gasteiger partial charge < -0.3 is 9.67 Å². The molecule has 4 heteroatoms. The maximum absolute atomic E-state index is 11.5. The highest BCUT2D eigenvalue weighted by Gasteiger charge is 2.41. The van der Waals surface area contributed by atoms with E-state index in [9.17, 15) is 9.90 Å². The molecule has 2 saturated carbocycles. The average molecular weight is 270 g/mol. The highest BCUT2D eigenvalue weighted by molar-refractivity contribution is 6.01. The van der Waals surface area contributed by atoms with Crippen LogP contribution in [0.4, 0.5) is 0 Å². The lowest BCUT2D eigenvalue weighted by molar-refractivity contribution is 0.0698. The Balaban J connectivity index is 1.94. The van der Waals surface area contributed by atoms with Crippen LogP contribution in [-0.2, 0) is 0 Å². The van der Waals surface area contributed by atoms with Gasteiger partial charge in [-0.05, 0) is 50.2 Å². The molecule has 0 amide bonds. The molecule has 3 unspecified atom stereocenters. The van der Waals surface area contributed by atoms with Crippen LogP contribution in [0.1, 0.15) is 47.9 Å². The van der Waals surface area contributed by atoms with Crippen molar-refractivity contribution in [3.8, 4) is 0 Å². The number of imidazole rings is 1. The third kappa shape index (κ3) is 1.54. The van der Waals surface area contributed by atoms with Crippen LogP contribution in [0, 0.1) is 18.8 Å². The minimum absolute atomic E-state index is 0.380. The first kappa shape index (κ1) is 11.9. The average Bonchev–Trinajstić information content (AvgIpc) is 3.09. The Labute approximate surface area is 117 Å². The highest BCUT2D eigenvalue weighted by atomic mass is 16.4. The fraction of sp³-hybridized carbons (Fsp3) is 0.500. The second-order valence-corrected chi connectivity index (χ2v) is 6.25. The van der Waals surface area contributed by atoms with Gasteiger partial charge in [0.15, 0.2) is 0 Å². The Morgan fingerprint density at radius 3 is 2.85 bits per heavy atom. The normalized spacial score (nSPS) is 28.4. The molecule has 2 aromatic rings. The molecule has 0 saturated heterocycles. The van der Waals surface area contributed by atoms with Crippen LogP contribution in [0.15, 0.2) is 18.2 Å². The quantitative estimate of drug-likeness (QED) is 0.909. The molecular formula is C16H18N2O2. The number of aryl methyl sites for hydroxylation is 1. The second kappa shape index (κ2) is 4.08. The minimum atomic E-state index is -0.861. The van der Waals surface area contributed by atoms with Gasteiger partial charge in [0, 0.05) is 6.04 Å². The van der Waals surface area contributed by atoms with Gasteiger partial charge in [-0.2, -0.15) is 0 Å². The molecule has 2 fully saturated rings. The summed E-state index contributed by atoms with van der Waals surface area (Å²) in [7, 11) is 0. The van der Waals surface area contributed by atoms with E-state index in [0.29, 0.717) is 17.5 Å². The van der Waals surface area contributed by atoms with Crippen LogP contribution in [0.25, 0.3) is 11.0 Å². The number of aromatic carboxylic acids is 1. The molecule has 2 aliphatic rings. The van der Waals surface area contributed by atoms with Crippen LogP contribution in [-0.4, -0.2) is 20.6 Å². The highest BCUT2D eigenvalue weighted by Crippen LogP contribution is 2.51. The molecule has 104 valence electrons. The Kier molecular flexibility index (Phi) is 2.43. The second-order valence-electron chi connectivity index (χ2n) is 6.25. The van der Waals surface area contributed by atoms with Gasteiger partial charge in [-0.15, -0.1) is 0 Å². The van der Waals surface area contributed by atoms with E-state index in [-0.39, 0.29) is 0 Å². The molecule has 3 atom stereocenters. The SMILES string of the molecule is Cc1nc2cccc(C(=O)O)c2n1C1CC2CCC1C2. The molecule has 1 aromatic carbocycles. The number of carbonyl (C=O) groups is 1. The summed E-state index contributed by atoms with van der Waals surface area (Å²) in [6.07, 6.45) is 5.12. The number of para-hydroxylation sites is 1. The van der Waals surface area contributed by atoms with Crippen LogP contribution in [0.5, 0.6) is 0 Å². The zero-order valence-electron chi connectivity index (χ0n) is 11.5. The first-order valence-corrected chi connectivity index (χ1v) is 7.36. The van der Waals surface area contributed by atoms with Crippen molar-refractivity contribution in [2.75, 3.05) is 0 Å². The van der Waals surface area contributed by atoms with E-state index < -0.39 is 5.97 Å². The third-order valence-electron chi connectivity index (χ3n) is 5.15. The number of carboxylic acids is 1. The maximum Gasteiger partial charge on any atom is 0.337 e. The number of nitrogens with zero attached hydrogens (tertiary/aromatic N) is 2. The standard InChI is InChI=1S/C16H18N2O2/c1-9-17-13-4-2-3-12(16(19)20)15(13)18(9)14-8-10-5-6-11(14)7-10/h2-4,10-11,14H,5-8H2,1H3,(H,19,20). The number of hydrogen-bond donors (Lipinski definition) is 1. The number of aromatic nitrogens is 2.